The molecule has 0 saturated carbocycles. The average Bonchev–Trinajstić information content (AvgIpc) is 0.786. The molecule has 6 heterocycles. The first-order chi connectivity index (χ1) is 69.2. The maximum atomic E-state index is 12.0. The van der Waals surface area contributed by atoms with Crippen LogP contribution in [-0.4, -0.2) is 180 Å². The number of hydrogen-bond acceptors (Lipinski definition) is 36. The van der Waals surface area contributed by atoms with Gasteiger partial charge in [-0.25, -0.2) is 0 Å². The van der Waals surface area contributed by atoms with E-state index in [1.165, 1.54) is 166 Å². The summed E-state index contributed by atoms with van der Waals surface area (Å²) in [6, 6.07) is 47.0. The number of rotatable bonds is 24. The highest BCUT2D eigenvalue weighted by atomic mass is 16.6. The van der Waals surface area contributed by atoms with Crippen molar-refractivity contribution in [3.63, 3.8) is 0 Å². The summed E-state index contributed by atoms with van der Waals surface area (Å²) in [6.07, 6.45) is 2.40. The smallest absolute Gasteiger partial charge is 0.312 e. The number of esters is 6. The molecule has 0 fully saturated rings. The Labute approximate surface area is 826 Å². The van der Waals surface area contributed by atoms with Gasteiger partial charge < -0.3 is 147 Å². The number of carbonyl (C=O) groups excluding carboxylic acids is 6. The van der Waals surface area contributed by atoms with Gasteiger partial charge in [0.2, 0.25) is 0 Å². The molecule has 18 rings (SSSR count). The van der Waals surface area contributed by atoms with E-state index in [4.69, 9.17) is 85.3 Å². The lowest BCUT2D eigenvalue weighted by molar-refractivity contribution is -0.136. The van der Waals surface area contributed by atoms with Gasteiger partial charge in [-0.05, 0) is 133 Å². The number of phenols is 12. The van der Waals surface area contributed by atoms with Gasteiger partial charge in [-0.3, -0.25) is 28.8 Å². The summed E-state index contributed by atoms with van der Waals surface area (Å²) < 4.78 is 95.9. The first-order valence-corrected chi connectivity index (χ1v) is 45.4. The molecule has 144 heavy (non-hydrogen) atoms. The lowest BCUT2D eigenvalue weighted by atomic mass is 9.85. The third-order valence-electron chi connectivity index (χ3n) is 23.8. The molecule has 6 atom stereocenters. The zero-order valence-corrected chi connectivity index (χ0v) is 80.4. The molecule has 12 aromatic rings. The first-order valence-electron chi connectivity index (χ1n) is 45.4. The fourth-order valence-corrected chi connectivity index (χ4v) is 17.4. The Morgan fingerprint density at radius 1 is 0.215 bits per heavy atom. The molecule has 0 radical (unpaired) electrons. The molecule has 0 aromatic heterocycles. The van der Waals surface area contributed by atoms with E-state index in [0.29, 0.717) is 140 Å². The summed E-state index contributed by atoms with van der Waals surface area (Å²) in [5.74, 6) is 2.05. The van der Waals surface area contributed by atoms with Crippen LogP contribution < -0.4 is 85.3 Å². The van der Waals surface area contributed by atoms with E-state index in [2.05, 4.69) is 0 Å². The maximum Gasteiger partial charge on any atom is 0.312 e. The summed E-state index contributed by atoms with van der Waals surface area (Å²) in [4.78, 5) is 71.9. The molecule has 12 aromatic carbocycles. The molecule has 6 aliphatic heterocycles. The van der Waals surface area contributed by atoms with E-state index in [9.17, 15) is 90.0 Å². The minimum atomic E-state index is -0.401. The van der Waals surface area contributed by atoms with Gasteiger partial charge in [0.05, 0.1) is 122 Å². The van der Waals surface area contributed by atoms with Crippen LogP contribution in [-0.2, 0) is 28.8 Å². The Morgan fingerprint density at radius 3 is 0.535 bits per heavy atom. The van der Waals surface area contributed by atoms with Gasteiger partial charge in [0.15, 0.2) is 69.0 Å². The van der Waals surface area contributed by atoms with Gasteiger partial charge in [0.1, 0.15) is 103 Å². The molecule has 756 valence electrons. The number of phenolic OH excluding ortho intramolecular Hbond substituents is 12. The SMILES string of the molecule is CCCOc1cc(O)cc2c1[C@@H](c1ccc(O)c(OC)c1)CC(=O)O2.CCCOc1cc(O)cc2c1[C@H](c1ccc(O)c(OC)c1)CC(=O)O2.CCOc1cc(O)cc2c1[C@@H](c1ccc(O)c(OC)c1)CC(=O)O2.CCOc1cc(O)cc2c1[C@H](c1ccc(O)c(OC)c1)CC(=O)O2.COc1cc([C@@H]2CC(=O)Oc3cc(O)cc(OC)c32)ccc1O.COc1cc([C@H]2CC(=O)Oc3cc(O)cc(OC)c32)ccc1O. The largest absolute Gasteiger partial charge is 0.508 e. The average molecular weight is 1980 g/mol. The third kappa shape index (κ3) is 23.9. The minimum absolute atomic E-state index is 0.0209. The number of hydrogen-bond donors (Lipinski definition) is 12. The van der Waals surface area contributed by atoms with Gasteiger partial charge >= 0.3 is 35.8 Å². The number of ether oxygens (including phenoxy) is 18. The number of fused-ring (bicyclic) bond motifs is 6. The van der Waals surface area contributed by atoms with Gasteiger partial charge in [-0.15, -0.1) is 0 Å². The second-order valence-electron chi connectivity index (χ2n) is 33.1. The highest BCUT2D eigenvalue weighted by Gasteiger charge is 2.41. The van der Waals surface area contributed by atoms with Crippen LogP contribution in [0.2, 0.25) is 0 Å². The highest BCUT2D eigenvalue weighted by Crippen LogP contribution is 2.56. The molecule has 6 aliphatic rings. The van der Waals surface area contributed by atoms with Crippen LogP contribution in [0.3, 0.4) is 0 Å². The number of aromatic hydroxyl groups is 12. The highest BCUT2D eigenvalue weighted by molar-refractivity contribution is 5.84. The van der Waals surface area contributed by atoms with E-state index in [1.807, 2.05) is 27.7 Å². The van der Waals surface area contributed by atoms with Gasteiger partial charge in [0, 0.05) is 142 Å². The van der Waals surface area contributed by atoms with Crippen LogP contribution in [0.5, 0.6) is 172 Å². The minimum Gasteiger partial charge on any atom is -0.508 e. The summed E-state index contributed by atoms with van der Waals surface area (Å²) in [5, 5.41) is 118. The van der Waals surface area contributed by atoms with Crippen molar-refractivity contribution in [1.82, 2.24) is 0 Å². The molecule has 0 bridgehead atoms. The number of methoxy groups -OCH3 is 8. The Bertz CT molecular complexity index is 6360. The summed E-state index contributed by atoms with van der Waals surface area (Å²) in [6.45, 7) is 9.43. The summed E-state index contributed by atoms with van der Waals surface area (Å²) in [7, 11) is 11.8. The summed E-state index contributed by atoms with van der Waals surface area (Å²) in [5.41, 5.74) is 8.88. The molecule has 12 N–H and O–H groups in total. The molecular formula is C108H108O36. The van der Waals surface area contributed by atoms with Crippen molar-refractivity contribution in [3.05, 3.63) is 249 Å². The van der Waals surface area contributed by atoms with E-state index in [-0.39, 0.29) is 166 Å². The number of benzene rings is 12. The van der Waals surface area contributed by atoms with Gasteiger partial charge in [-0.1, -0.05) is 50.2 Å². The third-order valence-corrected chi connectivity index (χ3v) is 23.8. The van der Waals surface area contributed by atoms with Crippen LogP contribution in [0.1, 0.15) is 181 Å². The first kappa shape index (κ1) is 104. The maximum absolute atomic E-state index is 12.0. The molecular weight excluding hydrogens is 1870 g/mol. The van der Waals surface area contributed by atoms with Crippen LogP contribution in [0.4, 0.5) is 0 Å². The van der Waals surface area contributed by atoms with Crippen LogP contribution in [0, 0.1) is 0 Å². The summed E-state index contributed by atoms with van der Waals surface area (Å²) >= 11 is 0. The topological polar surface area (TPSA) is 511 Å². The molecule has 0 spiro atoms. The van der Waals surface area contributed by atoms with Crippen LogP contribution in [0.15, 0.2) is 182 Å². The van der Waals surface area contributed by atoms with Crippen molar-refractivity contribution in [1.29, 1.82) is 0 Å². The van der Waals surface area contributed by atoms with Gasteiger partial charge in [0.25, 0.3) is 0 Å². The Hall–Kier alpha value is -17.3. The Morgan fingerprint density at radius 2 is 0.375 bits per heavy atom. The monoisotopic (exact) mass is 1980 g/mol. The van der Waals surface area contributed by atoms with Crippen LogP contribution >= 0.6 is 0 Å². The predicted molar refractivity (Wildman–Crippen MR) is 516 cm³/mol. The zero-order chi connectivity index (χ0) is 104. The quantitative estimate of drug-likeness (QED) is 0.0197. The van der Waals surface area contributed by atoms with Crippen molar-refractivity contribution in [2.75, 3.05) is 83.3 Å². The molecule has 0 aliphatic carbocycles. The van der Waals surface area contributed by atoms with E-state index >= 15 is 0 Å². The molecule has 0 amide bonds. The Kier molecular flexibility index (Phi) is 33.7. The fraction of sp³-hybridized carbons (Fsp3) is 0.278. The lowest BCUT2D eigenvalue weighted by Crippen LogP contribution is -2.22. The molecule has 0 saturated heterocycles. The fourth-order valence-electron chi connectivity index (χ4n) is 17.4. The number of carbonyl (C=O) groups is 6. The second kappa shape index (κ2) is 46.6. The van der Waals surface area contributed by atoms with Crippen LogP contribution in [0.25, 0.3) is 0 Å². The second-order valence-corrected chi connectivity index (χ2v) is 33.1. The standard InChI is InChI=1S/2C19H20O6.2C18H18O6.2C17H16O6/c2*1-3-6-24-16-8-12(20)9-17-19(16)13(10-18(22)25-17)11-4-5-14(21)15(7-11)23-2;2*1-3-23-15-7-11(19)8-16-18(15)12(9-17(21)24-16)10-4-5-13(20)14(6-10)22-2;2*1-21-13-5-9(3-4-12(13)19)11-8-16(20)23-15-7-10(18)6-14(22-2)17(11)15/h2*4-5,7-9,13,20-21H,3,6,10H2,1-2H3;2*4-8,12,19-20H,3,9H2,1-2H3;2*3-7,11,18-19H,8H2,1-2H3/t2*13-;2*12-;2*11-/m101010/s1. The van der Waals surface area contributed by atoms with E-state index in [1.54, 1.807) is 72.8 Å². The molecule has 36 heteroatoms. The molecule has 0 unspecified atom stereocenters. The predicted octanol–water partition coefficient (Wildman–Crippen LogP) is 17.7. The Balaban J connectivity index is 0.000000145. The van der Waals surface area contributed by atoms with E-state index < -0.39 is 35.8 Å². The normalized spacial score (nSPS) is 16.2. The van der Waals surface area contributed by atoms with Crippen molar-refractivity contribution in [2.45, 2.75) is 115 Å². The van der Waals surface area contributed by atoms with Gasteiger partial charge in [-0.2, -0.15) is 0 Å². The zero-order valence-electron chi connectivity index (χ0n) is 80.4. The molecule has 36 nitrogen and oxygen atoms in total. The van der Waals surface area contributed by atoms with Crippen molar-refractivity contribution in [3.8, 4) is 172 Å². The van der Waals surface area contributed by atoms with Crippen molar-refractivity contribution in [2.24, 2.45) is 0 Å². The van der Waals surface area contributed by atoms with Crippen molar-refractivity contribution >= 4 is 35.8 Å². The van der Waals surface area contributed by atoms with E-state index in [0.717, 1.165) is 46.2 Å². The van der Waals surface area contributed by atoms with Crippen molar-refractivity contribution < 1.29 is 175 Å². The lowest BCUT2D eigenvalue weighted by Gasteiger charge is -2.27.